The van der Waals surface area contributed by atoms with E-state index in [4.69, 9.17) is 4.74 Å². The van der Waals surface area contributed by atoms with E-state index >= 15 is 0 Å². The predicted molar refractivity (Wildman–Crippen MR) is 168 cm³/mol. The highest BCUT2D eigenvalue weighted by molar-refractivity contribution is 7.91. The maximum Gasteiger partial charge on any atom is 0.206 e. The van der Waals surface area contributed by atoms with Gasteiger partial charge in [0, 0.05) is 11.1 Å². The fourth-order valence-corrected chi connectivity index (χ4v) is 10.7. The summed E-state index contributed by atoms with van der Waals surface area (Å²) in [5.74, 6) is 1.58. The molecule has 0 bridgehead atoms. The second-order valence-corrected chi connectivity index (χ2v) is 18.2. The van der Waals surface area contributed by atoms with Crippen molar-refractivity contribution in [1.29, 1.82) is 0 Å². The second-order valence-electron chi connectivity index (χ2n) is 11.9. The Morgan fingerprint density at radius 3 is 1.80 bits per heavy atom. The normalized spacial score (nSPS) is 16.0. The molecule has 7 rings (SSSR count). The van der Waals surface area contributed by atoms with Crippen LogP contribution in [0.3, 0.4) is 0 Å². The predicted octanol–water partition coefficient (Wildman–Crippen LogP) is 7.56. The van der Waals surface area contributed by atoms with Crippen LogP contribution in [0.25, 0.3) is 0 Å². The molecule has 0 spiro atoms. The molecule has 41 heavy (non-hydrogen) atoms. The molecule has 204 valence electrons. The van der Waals surface area contributed by atoms with Crippen LogP contribution < -0.4 is 20.0 Å². The summed E-state index contributed by atoms with van der Waals surface area (Å²) in [7, 11) is -6.01. The molecule has 0 fully saturated rings. The third kappa shape index (κ3) is 3.81. The Labute approximate surface area is 242 Å². The van der Waals surface area contributed by atoms with Crippen LogP contribution in [0, 0.1) is 0 Å². The van der Waals surface area contributed by atoms with Gasteiger partial charge in [-0.2, -0.15) is 0 Å². The summed E-state index contributed by atoms with van der Waals surface area (Å²) in [5.41, 5.74) is 5.85. The first kappa shape index (κ1) is 25.8. The van der Waals surface area contributed by atoms with Crippen LogP contribution in [0.15, 0.2) is 125 Å². The summed E-state index contributed by atoms with van der Waals surface area (Å²) >= 11 is 0. The number of rotatable bonds is 3. The van der Waals surface area contributed by atoms with E-state index in [-0.39, 0.29) is 5.41 Å². The summed E-state index contributed by atoms with van der Waals surface area (Å²) in [6, 6.07) is 37.7. The SMILES string of the molecule is CC1(C)c2ccccc2N(c2ccc3c(c2)[Si](C)(C)c2cc(S(=O)(=O)c4ccccc4)ccc2O3)c2ccccc21. The number of hydrogen-bond donors (Lipinski definition) is 0. The van der Waals surface area contributed by atoms with E-state index in [0.29, 0.717) is 9.79 Å². The number of nitrogens with zero attached hydrogens (tertiary/aromatic N) is 1. The van der Waals surface area contributed by atoms with Gasteiger partial charge in [0.1, 0.15) is 19.6 Å². The van der Waals surface area contributed by atoms with Crippen molar-refractivity contribution >= 4 is 45.3 Å². The zero-order chi connectivity index (χ0) is 28.6. The maximum atomic E-state index is 13.5. The topological polar surface area (TPSA) is 46.6 Å². The van der Waals surface area contributed by atoms with Gasteiger partial charge in [-0.15, -0.1) is 0 Å². The van der Waals surface area contributed by atoms with Gasteiger partial charge >= 0.3 is 0 Å². The Morgan fingerprint density at radius 2 is 1.17 bits per heavy atom. The lowest BCUT2D eigenvalue weighted by Gasteiger charge is -2.42. The first-order chi connectivity index (χ1) is 19.6. The van der Waals surface area contributed by atoms with Crippen molar-refractivity contribution in [3.8, 4) is 11.5 Å². The summed E-state index contributed by atoms with van der Waals surface area (Å²) in [6.07, 6.45) is 0. The molecule has 0 radical (unpaired) electrons. The number of para-hydroxylation sites is 2. The summed E-state index contributed by atoms with van der Waals surface area (Å²) < 4.78 is 33.4. The number of hydrogen-bond acceptors (Lipinski definition) is 4. The van der Waals surface area contributed by atoms with E-state index in [1.165, 1.54) is 22.5 Å². The highest BCUT2D eigenvalue weighted by Gasteiger charge is 2.40. The zero-order valence-corrected chi connectivity index (χ0v) is 25.4. The largest absolute Gasteiger partial charge is 0.458 e. The van der Waals surface area contributed by atoms with Crippen molar-refractivity contribution in [2.45, 2.75) is 42.1 Å². The van der Waals surface area contributed by atoms with Gasteiger partial charge in [0.05, 0.1) is 21.2 Å². The molecule has 0 atom stereocenters. The monoisotopic (exact) mass is 573 g/mol. The minimum atomic E-state index is -3.64. The van der Waals surface area contributed by atoms with E-state index < -0.39 is 17.9 Å². The van der Waals surface area contributed by atoms with E-state index in [0.717, 1.165) is 27.6 Å². The molecule has 0 aromatic heterocycles. The number of ether oxygens (including phenoxy) is 1. The molecule has 0 aliphatic carbocycles. The Morgan fingerprint density at radius 1 is 0.634 bits per heavy atom. The van der Waals surface area contributed by atoms with Gasteiger partial charge in [0.2, 0.25) is 9.84 Å². The molecule has 5 aromatic rings. The van der Waals surface area contributed by atoms with Crippen molar-refractivity contribution in [2.75, 3.05) is 4.90 Å². The molecule has 4 nitrogen and oxygen atoms in total. The standard InChI is InChI=1S/C35H31NO3SSi/c1-35(2)27-14-8-10-16-29(27)36(30-17-11-9-15-28(30)35)24-18-20-31-33(22-24)41(3,4)34-23-26(19-21-32(34)39-31)40(37,38)25-12-6-5-7-13-25/h5-23H,1-4H3. The van der Waals surface area contributed by atoms with Crippen molar-refractivity contribution in [1.82, 2.24) is 0 Å². The second kappa shape index (κ2) is 8.93. The Balaban J connectivity index is 1.37. The van der Waals surface area contributed by atoms with E-state index in [1.807, 2.05) is 18.2 Å². The highest BCUT2D eigenvalue weighted by atomic mass is 32.2. The van der Waals surface area contributed by atoms with Crippen molar-refractivity contribution in [2.24, 2.45) is 0 Å². The molecule has 2 heterocycles. The van der Waals surface area contributed by atoms with Crippen molar-refractivity contribution in [3.05, 3.63) is 126 Å². The number of sulfone groups is 1. The minimum Gasteiger partial charge on any atom is -0.458 e. The molecular weight excluding hydrogens is 543 g/mol. The molecule has 6 heteroatoms. The maximum absolute atomic E-state index is 13.5. The van der Waals surface area contributed by atoms with Gasteiger partial charge < -0.3 is 9.64 Å². The Bertz CT molecular complexity index is 1900. The molecule has 5 aromatic carbocycles. The van der Waals surface area contributed by atoms with E-state index in [1.54, 1.807) is 30.3 Å². The van der Waals surface area contributed by atoms with E-state index in [9.17, 15) is 8.42 Å². The lowest BCUT2D eigenvalue weighted by atomic mass is 9.73. The molecule has 2 aliphatic rings. The van der Waals surface area contributed by atoms with Gasteiger partial charge in [-0.25, -0.2) is 8.42 Å². The fourth-order valence-electron chi connectivity index (χ4n) is 6.43. The van der Waals surface area contributed by atoms with Crippen LogP contribution >= 0.6 is 0 Å². The molecule has 0 saturated heterocycles. The van der Waals surface area contributed by atoms with Crippen LogP contribution in [0.1, 0.15) is 25.0 Å². The lowest BCUT2D eigenvalue weighted by molar-refractivity contribution is 0.486. The fraction of sp³-hybridized carbons (Fsp3) is 0.143. The van der Waals surface area contributed by atoms with Gasteiger partial charge in [-0.1, -0.05) is 81.5 Å². The van der Waals surface area contributed by atoms with Crippen LogP contribution in [-0.4, -0.2) is 16.5 Å². The lowest BCUT2D eigenvalue weighted by Crippen LogP contribution is -2.56. The summed E-state index contributed by atoms with van der Waals surface area (Å²) in [4.78, 5) is 2.95. The molecule has 0 unspecified atom stereocenters. The third-order valence-electron chi connectivity index (χ3n) is 8.74. The summed E-state index contributed by atoms with van der Waals surface area (Å²) in [6.45, 7) is 9.13. The number of anilines is 3. The van der Waals surface area contributed by atoms with Crippen molar-refractivity contribution < 1.29 is 13.2 Å². The average Bonchev–Trinajstić information content (AvgIpc) is 2.98. The highest BCUT2D eigenvalue weighted by Crippen LogP contribution is 2.51. The average molecular weight is 574 g/mol. The van der Waals surface area contributed by atoms with Crippen LogP contribution in [0.4, 0.5) is 17.1 Å². The van der Waals surface area contributed by atoms with Gasteiger partial charge in [0.15, 0.2) is 0 Å². The van der Waals surface area contributed by atoms with Crippen LogP contribution in [0.2, 0.25) is 13.1 Å². The number of fused-ring (bicyclic) bond motifs is 4. The Hall–Kier alpha value is -4.13. The van der Waals surface area contributed by atoms with Crippen molar-refractivity contribution in [3.63, 3.8) is 0 Å². The van der Waals surface area contributed by atoms with E-state index in [2.05, 4.69) is 98.6 Å². The van der Waals surface area contributed by atoms with Gasteiger partial charge in [0.25, 0.3) is 0 Å². The van der Waals surface area contributed by atoms with Gasteiger partial charge in [-0.05, 0) is 82.2 Å². The number of benzene rings is 5. The molecule has 0 amide bonds. The first-order valence-corrected chi connectivity index (χ1v) is 18.3. The zero-order valence-electron chi connectivity index (χ0n) is 23.5. The third-order valence-corrected chi connectivity index (χ3v) is 14.0. The minimum absolute atomic E-state index is 0.130. The quantitative estimate of drug-likeness (QED) is 0.209. The smallest absolute Gasteiger partial charge is 0.206 e. The molecule has 0 saturated carbocycles. The molecule has 0 N–H and O–H groups in total. The molecule has 2 aliphatic heterocycles. The van der Waals surface area contributed by atoms with Gasteiger partial charge in [-0.3, -0.25) is 0 Å². The molecular formula is C35H31NO3SSi. The van der Waals surface area contributed by atoms with Crippen LogP contribution in [-0.2, 0) is 15.3 Å². The van der Waals surface area contributed by atoms with Crippen LogP contribution in [0.5, 0.6) is 11.5 Å². The summed E-state index contributed by atoms with van der Waals surface area (Å²) in [5, 5.41) is 2.14. The first-order valence-electron chi connectivity index (χ1n) is 13.9. The Kier molecular flexibility index (Phi) is 5.62.